The van der Waals surface area contributed by atoms with Crippen molar-refractivity contribution < 1.29 is 4.74 Å². The zero-order chi connectivity index (χ0) is 13.0. The Morgan fingerprint density at radius 1 is 1.33 bits per heavy atom. The van der Waals surface area contributed by atoms with Crippen molar-refractivity contribution in [2.75, 3.05) is 31.3 Å². The lowest BCUT2D eigenvalue weighted by molar-refractivity contribution is 0.194. The van der Waals surface area contributed by atoms with Crippen LogP contribution in [0.2, 0.25) is 0 Å². The second-order valence-electron chi connectivity index (χ2n) is 4.84. The van der Waals surface area contributed by atoms with Crippen LogP contribution in [0.5, 0.6) is 0 Å². The molecule has 0 saturated heterocycles. The minimum Gasteiger partial charge on any atom is -0.385 e. The maximum Gasteiger partial charge on any atom is 0.136 e. The topological polar surface area (TPSA) is 73.1 Å². The van der Waals surface area contributed by atoms with Gasteiger partial charge in [-0.2, -0.15) is 0 Å². The zero-order valence-corrected chi connectivity index (χ0v) is 11.2. The molecule has 5 heteroatoms. The highest BCUT2D eigenvalue weighted by molar-refractivity contribution is 5.55. The molecule has 0 amide bonds. The molecule has 1 aromatic rings. The van der Waals surface area contributed by atoms with Gasteiger partial charge in [0.1, 0.15) is 17.5 Å². The molecule has 2 rings (SSSR count). The first kappa shape index (κ1) is 13.1. The highest BCUT2D eigenvalue weighted by atomic mass is 16.5. The highest BCUT2D eigenvalue weighted by Gasteiger charge is 2.27. The van der Waals surface area contributed by atoms with Crippen molar-refractivity contribution >= 4 is 11.6 Å². The molecule has 100 valence electrons. The van der Waals surface area contributed by atoms with Gasteiger partial charge in [0, 0.05) is 31.7 Å². The predicted octanol–water partition coefficient (Wildman–Crippen LogP) is 2.08. The van der Waals surface area contributed by atoms with Crippen molar-refractivity contribution in [2.24, 2.45) is 0 Å². The van der Waals surface area contributed by atoms with E-state index in [1.54, 1.807) is 7.11 Å². The summed E-state index contributed by atoms with van der Waals surface area (Å²) < 4.78 is 5.02. The highest BCUT2D eigenvalue weighted by Crippen LogP contribution is 2.39. The second-order valence-corrected chi connectivity index (χ2v) is 4.84. The van der Waals surface area contributed by atoms with Crippen molar-refractivity contribution in [3.63, 3.8) is 0 Å². The Morgan fingerprint density at radius 2 is 2.11 bits per heavy atom. The number of methoxy groups -OCH3 is 1. The lowest BCUT2D eigenvalue weighted by Gasteiger charge is -2.11. The van der Waals surface area contributed by atoms with E-state index in [1.165, 1.54) is 12.8 Å². The Labute approximate surface area is 108 Å². The molecule has 1 aliphatic rings. The largest absolute Gasteiger partial charge is 0.385 e. The Morgan fingerprint density at radius 3 is 2.78 bits per heavy atom. The monoisotopic (exact) mass is 250 g/mol. The van der Waals surface area contributed by atoms with Gasteiger partial charge < -0.3 is 15.8 Å². The van der Waals surface area contributed by atoms with Crippen LogP contribution < -0.4 is 11.1 Å². The van der Waals surface area contributed by atoms with Gasteiger partial charge >= 0.3 is 0 Å². The molecule has 0 atom stereocenters. The third-order valence-corrected chi connectivity index (χ3v) is 3.21. The van der Waals surface area contributed by atoms with E-state index in [9.17, 15) is 0 Å². The number of anilines is 2. The van der Waals surface area contributed by atoms with E-state index in [0.29, 0.717) is 11.7 Å². The van der Waals surface area contributed by atoms with Gasteiger partial charge in [0.15, 0.2) is 0 Å². The fourth-order valence-corrected chi connectivity index (χ4v) is 1.83. The van der Waals surface area contributed by atoms with Crippen LogP contribution in [0.15, 0.2) is 0 Å². The van der Waals surface area contributed by atoms with E-state index in [1.807, 2.05) is 6.92 Å². The second kappa shape index (κ2) is 6.00. The number of ether oxygens (including phenoxy) is 1. The fraction of sp³-hybridized carbons (Fsp3) is 0.692. The molecule has 0 unspecified atom stereocenters. The number of unbranched alkanes of at least 4 members (excludes halogenated alkanes) is 1. The van der Waals surface area contributed by atoms with Crippen molar-refractivity contribution in [2.45, 2.75) is 38.5 Å². The normalized spacial score (nSPS) is 14.8. The molecule has 1 saturated carbocycles. The van der Waals surface area contributed by atoms with E-state index in [0.717, 1.165) is 43.2 Å². The van der Waals surface area contributed by atoms with Gasteiger partial charge in [-0.3, -0.25) is 0 Å². The van der Waals surface area contributed by atoms with Gasteiger partial charge in [0.2, 0.25) is 0 Å². The van der Waals surface area contributed by atoms with Gasteiger partial charge in [-0.1, -0.05) is 0 Å². The number of nitrogens with zero attached hydrogens (tertiary/aromatic N) is 2. The molecule has 0 spiro atoms. The van der Waals surface area contributed by atoms with E-state index in [4.69, 9.17) is 10.5 Å². The van der Waals surface area contributed by atoms with E-state index >= 15 is 0 Å². The smallest absolute Gasteiger partial charge is 0.136 e. The number of hydrogen-bond acceptors (Lipinski definition) is 5. The molecule has 0 aliphatic heterocycles. The number of nitrogens with one attached hydrogen (secondary N) is 1. The molecule has 1 aliphatic carbocycles. The van der Waals surface area contributed by atoms with E-state index in [2.05, 4.69) is 15.3 Å². The van der Waals surface area contributed by atoms with Crippen LogP contribution in [-0.4, -0.2) is 30.2 Å². The maximum absolute atomic E-state index is 5.93. The molecule has 0 bridgehead atoms. The molecule has 1 aromatic heterocycles. The Bertz CT molecular complexity index is 404. The molecule has 5 nitrogen and oxygen atoms in total. The SMILES string of the molecule is COCCCCNc1nc(C2CC2)nc(N)c1C. The average molecular weight is 250 g/mol. The number of rotatable bonds is 7. The summed E-state index contributed by atoms with van der Waals surface area (Å²) in [4.78, 5) is 8.94. The standard InChI is InChI=1S/C13H22N4O/c1-9-11(14)16-13(10-5-6-10)17-12(9)15-7-3-4-8-18-2/h10H,3-8H2,1-2H3,(H3,14,15,16,17). The third-order valence-electron chi connectivity index (χ3n) is 3.21. The van der Waals surface area contributed by atoms with Crippen LogP contribution in [0.25, 0.3) is 0 Å². The Hall–Kier alpha value is -1.36. The summed E-state index contributed by atoms with van der Waals surface area (Å²) in [6.07, 6.45) is 4.50. The summed E-state index contributed by atoms with van der Waals surface area (Å²) in [6.45, 7) is 3.66. The lowest BCUT2D eigenvalue weighted by atomic mass is 10.2. The van der Waals surface area contributed by atoms with Crippen molar-refractivity contribution in [3.8, 4) is 0 Å². The molecule has 1 heterocycles. The maximum atomic E-state index is 5.93. The van der Waals surface area contributed by atoms with Gasteiger partial charge in [-0.15, -0.1) is 0 Å². The Balaban J connectivity index is 1.93. The van der Waals surface area contributed by atoms with Gasteiger partial charge in [-0.05, 0) is 32.6 Å². The first-order valence-corrected chi connectivity index (χ1v) is 6.59. The number of hydrogen-bond donors (Lipinski definition) is 2. The summed E-state index contributed by atoms with van der Waals surface area (Å²) in [7, 11) is 1.73. The molecular formula is C13H22N4O. The quantitative estimate of drug-likeness (QED) is 0.725. The van der Waals surface area contributed by atoms with Crippen LogP contribution in [0.4, 0.5) is 11.6 Å². The van der Waals surface area contributed by atoms with Crippen LogP contribution >= 0.6 is 0 Å². The number of aromatic nitrogens is 2. The van der Waals surface area contributed by atoms with Crippen LogP contribution in [0.1, 0.15) is 43.0 Å². The van der Waals surface area contributed by atoms with E-state index < -0.39 is 0 Å². The number of nitrogens with two attached hydrogens (primary N) is 1. The molecule has 0 radical (unpaired) electrons. The summed E-state index contributed by atoms with van der Waals surface area (Å²) >= 11 is 0. The lowest BCUT2D eigenvalue weighted by Crippen LogP contribution is -2.10. The summed E-state index contributed by atoms with van der Waals surface area (Å²) in [5.41, 5.74) is 6.88. The molecular weight excluding hydrogens is 228 g/mol. The fourth-order valence-electron chi connectivity index (χ4n) is 1.83. The summed E-state index contributed by atoms with van der Waals surface area (Å²) in [6, 6.07) is 0. The number of nitrogen functional groups attached to an aromatic ring is 1. The molecule has 0 aromatic carbocycles. The minimum atomic E-state index is 0.530. The van der Waals surface area contributed by atoms with Crippen molar-refractivity contribution in [1.29, 1.82) is 0 Å². The first-order valence-electron chi connectivity index (χ1n) is 6.59. The van der Waals surface area contributed by atoms with E-state index in [-0.39, 0.29) is 0 Å². The Kier molecular flexibility index (Phi) is 4.36. The predicted molar refractivity (Wildman–Crippen MR) is 72.8 cm³/mol. The van der Waals surface area contributed by atoms with Gasteiger partial charge in [0.25, 0.3) is 0 Å². The molecule has 1 fully saturated rings. The zero-order valence-electron chi connectivity index (χ0n) is 11.2. The minimum absolute atomic E-state index is 0.530. The summed E-state index contributed by atoms with van der Waals surface area (Å²) in [5, 5.41) is 3.35. The summed E-state index contributed by atoms with van der Waals surface area (Å²) in [5.74, 6) is 2.92. The molecule has 3 N–H and O–H groups in total. The van der Waals surface area contributed by atoms with Crippen molar-refractivity contribution in [1.82, 2.24) is 9.97 Å². The van der Waals surface area contributed by atoms with Crippen LogP contribution in [-0.2, 0) is 4.74 Å². The van der Waals surface area contributed by atoms with Crippen LogP contribution in [0.3, 0.4) is 0 Å². The third kappa shape index (κ3) is 3.32. The van der Waals surface area contributed by atoms with Gasteiger partial charge in [-0.25, -0.2) is 9.97 Å². The van der Waals surface area contributed by atoms with Crippen molar-refractivity contribution in [3.05, 3.63) is 11.4 Å². The average Bonchev–Trinajstić information content (AvgIpc) is 3.18. The van der Waals surface area contributed by atoms with Crippen LogP contribution in [0, 0.1) is 6.92 Å². The molecule has 18 heavy (non-hydrogen) atoms. The first-order chi connectivity index (χ1) is 8.72. The van der Waals surface area contributed by atoms with Gasteiger partial charge in [0.05, 0.1) is 0 Å².